The molecule has 0 atom stereocenters. The largest absolute Gasteiger partial charge is 0.349 e. The summed E-state index contributed by atoms with van der Waals surface area (Å²) in [6, 6.07) is 0. The quantitative estimate of drug-likeness (QED) is 0.334. The van der Waals surface area contributed by atoms with Crippen molar-refractivity contribution in [2.45, 2.75) is 40.0 Å². The third kappa shape index (κ3) is 10.9. The maximum atomic E-state index is 4.61. The summed E-state index contributed by atoms with van der Waals surface area (Å²) in [6.07, 6.45) is 3.73. The molecule has 0 aliphatic carbocycles. The van der Waals surface area contributed by atoms with Gasteiger partial charge in [-0.05, 0) is 18.3 Å². The van der Waals surface area contributed by atoms with Crippen LogP contribution in [0.2, 0.25) is 0 Å². The molecule has 0 spiro atoms. The van der Waals surface area contributed by atoms with Gasteiger partial charge in [0.15, 0.2) is 5.96 Å². The summed E-state index contributed by atoms with van der Waals surface area (Å²) in [7, 11) is 8.14. The molecule has 0 heterocycles. The number of aliphatic imine (C=N–C) groups is 1. The summed E-state index contributed by atoms with van der Waals surface area (Å²) in [4.78, 5) is 8.73. The Bertz CT molecular complexity index is 207. The van der Waals surface area contributed by atoms with Crippen LogP contribution in [0.4, 0.5) is 0 Å². The number of nitrogens with zero attached hydrogens (tertiary/aromatic N) is 3. The molecule has 0 amide bonds. The van der Waals surface area contributed by atoms with Crippen LogP contribution in [0.3, 0.4) is 0 Å². The SMILES string of the molecule is CN(C)C(=NCCCCC(C)(C)C)N(C)C.I. The minimum Gasteiger partial charge on any atom is -0.349 e. The van der Waals surface area contributed by atoms with E-state index >= 15 is 0 Å². The second kappa shape index (κ2) is 9.00. The molecule has 104 valence electrons. The third-order valence-corrected chi connectivity index (χ3v) is 2.39. The number of hydrogen-bond donors (Lipinski definition) is 0. The highest BCUT2D eigenvalue weighted by atomic mass is 127. The summed E-state index contributed by atoms with van der Waals surface area (Å²) in [5.74, 6) is 1.05. The van der Waals surface area contributed by atoms with Crippen molar-refractivity contribution < 1.29 is 0 Å². The highest BCUT2D eigenvalue weighted by molar-refractivity contribution is 14.0. The van der Waals surface area contributed by atoms with Crippen molar-refractivity contribution in [1.29, 1.82) is 0 Å². The van der Waals surface area contributed by atoms with Crippen molar-refractivity contribution in [3.8, 4) is 0 Å². The first-order valence-electron chi connectivity index (χ1n) is 6.13. The van der Waals surface area contributed by atoms with Gasteiger partial charge in [-0.25, -0.2) is 0 Å². The first-order valence-corrected chi connectivity index (χ1v) is 6.13. The maximum absolute atomic E-state index is 4.61. The molecule has 0 aromatic rings. The summed E-state index contributed by atoms with van der Waals surface area (Å²) < 4.78 is 0. The second-order valence-corrected chi connectivity index (χ2v) is 5.99. The molecule has 0 fully saturated rings. The van der Waals surface area contributed by atoms with Crippen molar-refractivity contribution in [2.24, 2.45) is 10.4 Å². The Labute approximate surface area is 125 Å². The third-order valence-electron chi connectivity index (χ3n) is 2.39. The molecular formula is C13H30IN3. The molecule has 4 heteroatoms. The van der Waals surface area contributed by atoms with Crippen LogP contribution < -0.4 is 0 Å². The van der Waals surface area contributed by atoms with Gasteiger partial charge in [-0.15, -0.1) is 24.0 Å². The molecule has 0 aliphatic heterocycles. The Kier molecular flexibility index (Phi) is 10.2. The Morgan fingerprint density at radius 2 is 1.41 bits per heavy atom. The van der Waals surface area contributed by atoms with Crippen LogP contribution in [0.15, 0.2) is 4.99 Å². The van der Waals surface area contributed by atoms with E-state index in [4.69, 9.17) is 0 Å². The minimum atomic E-state index is 0. The van der Waals surface area contributed by atoms with Gasteiger partial charge in [-0.3, -0.25) is 4.99 Å². The van der Waals surface area contributed by atoms with E-state index in [-0.39, 0.29) is 24.0 Å². The van der Waals surface area contributed by atoms with Gasteiger partial charge < -0.3 is 9.80 Å². The number of halogens is 1. The summed E-state index contributed by atoms with van der Waals surface area (Å²) in [5.41, 5.74) is 0.454. The van der Waals surface area contributed by atoms with E-state index in [0.29, 0.717) is 5.41 Å². The van der Waals surface area contributed by atoms with Gasteiger partial charge in [0.05, 0.1) is 0 Å². The molecule has 0 rings (SSSR count). The van der Waals surface area contributed by atoms with Crippen molar-refractivity contribution in [1.82, 2.24) is 9.80 Å². The van der Waals surface area contributed by atoms with Gasteiger partial charge >= 0.3 is 0 Å². The predicted octanol–water partition coefficient (Wildman–Crippen LogP) is 3.30. The van der Waals surface area contributed by atoms with Crippen LogP contribution in [0, 0.1) is 5.41 Å². The van der Waals surface area contributed by atoms with Crippen LogP contribution in [0.5, 0.6) is 0 Å². The molecule has 0 aliphatic rings. The molecular weight excluding hydrogens is 325 g/mol. The van der Waals surface area contributed by atoms with Crippen molar-refractivity contribution in [2.75, 3.05) is 34.7 Å². The number of rotatable bonds is 4. The Hall–Kier alpha value is 0. The van der Waals surface area contributed by atoms with Crippen LogP contribution in [0.1, 0.15) is 40.0 Å². The summed E-state index contributed by atoms with van der Waals surface area (Å²) in [6.45, 7) is 7.81. The van der Waals surface area contributed by atoms with Gasteiger partial charge in [-0.2, -0.15) is 0 Å². The lowest BCUT2D eigenvalue weighted by Crippen LogP contribution is -2.35. The minimum absolute atomic E-state index is 0. The van der Waals surface area contributed by atoms with E-state index in [2.05, 4.69) is 35.6 Å². The smallest absolute Gasteiger partial charge is 0.195 e. The van der Waals surface area contributed by atoms with Crippen LogP contribution in [-0.2, 0) is 0 Å². The molecule has 0 aromatic carbocycles. The van der Waals surface area contributed by atoms with Gasteiger partial charge in [0.2, 0.25) is 0 Å². The number of guanidine groups is 1. The first kappa shape index (κ1) is 19.3. The molecule has 0 bridgehead atoms. The number of hydrogen-bond acceptors (Lipinski definition) is 1. The zero-order chi connectivity index (χ0) is 12.8. The Morgan fingerprint density at radius 3 is 1.76 bits per heavy atom. The highest BCUT2D eigenvalue weighted by Gasteiger charge is 2.09. The van der Waals surface area contributed by atoms with E-state index in [1.165, 1.54) is 19.3 Å². The standard InChI is InChI=1S/C13H29N3.HI/c1-13(2,3)10-8-9-11-14-12(15(4)5)16(6)7;/h8-11H2,1-7H3;1H. The monoisotopic (exact) mass is 355 g/mol. The van der Waals surface area contributed by atoms with Gasteiger partial charge in [0.1, 0.15) is 0 Å². The van der Waals surface area contributed by atoms with Crippen LogP contribution in [0.25, 0.3) is 0 Å². The maximum Gasteiger partial charge on any atom is 0.195 e. The van der Waals surface area contributed by atoms with Gasteiger partial charge in [-0.1, -0.05) is 27.2 Å². The summed E-state index contributed by atoms with van der Waals surface area (Å²) in [5, 5.41) is 0. The highest BCUT2D eigenvalue weighted by Crippen LogP contribution is 2.21. The lowest BCUT2D eigenvalue weighted by molar-refractivity contribution is 0.361. The molecule has 0 aromatic heterocycles. The van der Waals surface area contributed by atoms with E-state index in [9.17, 15) is 0 Å². The lowest BCUT2D eigenvalue weighted by Gasteiger charge is -2.22. The molecule has 0 unspecified atom stereocenters. The van der Waals surface area contributed by atoms with Gasteiger partial charge in [0.25, 0.3) is 0 Å². The van der Waals surface area contributed by atoms with E-state index in [0.717, 1.165) is 12.5 Å². The van der Waals surface area contributed by atoms with E-state index in [1.807, 2.05) is 28.2 Å². The topological polar surface area (TPSA) is 18.8 Å². The fourth-order valence-electron chi connectivity index (χ4n) is 1.63. The molecule has 0 radical (unpaired) electrons. The first-order chi connectivity index (χ1) is 7.24. The Balaban J connectivity index is 0. The molecule has 0 saturated heterocycles. The Morgan fingerprint density at radius 1 is 0.941 bits per heavy atom. The molecule has 3 nitrogen and oxygen atoms in total. The average molecular weight is 355 g/mol. The van der Waals surface area contributed by atoms with Crippen molar-refractivity contribution in [3.05, 3.63) is 0 Å². The predicted molar refractivity (Wildman–Crippen MR) is 88.4 cm³/mol. The fourth-order valence-corrected chi connectivity index (χ4v) is 1.63. The zero-order valence-electron chi connectivity index (χ0n) is 12.6. The fraction of sp³-hybridized carbons (Fsp3) is 0.923. The van der Waals surface area contributed by atoms with Crippen molar-refractivity contribution >= 4 is 29.9 Å². The molecule has 17 heavy (non-hydrogen) atoms. The van der Waals surface area contributed by atoms with E-state index < -0.39 is 0 Å². The molecule has 0 N–H and O–H groups in total. The average Bonchev–Trinajstić information content (AvgIpc) is 2.07. The summed E-state index contributed by atoms with van der Waals surface area (Å²) >= 11 is 0. The zero-order valence-corrected chi connectivity index (χ0v) is 14.9. The van der Waals surface area contributed by atoms with Gasteiger partial charge in [0, 0.05) is 34.7 Å². The molecule has 0 saturated carbocycles. The van der Waals surface area contributed by atoms with E-state index in [1.54, 1.807) is 0 Å². The van der Waals surface area contributed by atoms with Crippen LogP contribution >= 0.6 is 24.0 Å². The van der Waals surface area contributed by atoms with Crippen LogP contribution in [-0.4, -0.2) is 50.5 Å². The lowest BCUT2D eigenvalue weighted by atomic mass is 9.90. The van der Waals surface area contributed by atoms with Crippen molar-refractivity contribution in [3.63, 3.8) is 0 Å². The second-order valence-electron chi connectivity index (χ2n) is 5.99. The normalized spacial score (nSPS) is 10.5. The number of unbranched alkanes of at least 4 members (excludes halogenated alkanes) is 1.